The zero-order valence-corrected chi connectivity index (χ0v) is 18.3. The van der Waals surface area contributed by atoms with Gasteiger partial charge < -0.3 is 0 Å². The summed E-state index contributed by atoms with van der Waals surface area (Å²) < 4.78 is 131. The largest absolute Gasteiger partial charge is 0.416 e. The summed E-state index contributed by atoms with van der Waals surface area (Å²) in [7, 11) is -8.83. The molecule has 3 aromatic carbocycles. The Kier molecular flexibility index (Phi) is 6.59. The van der Waals surface area contributed by atoms with Crippen molar-refractivity contribution in [3.05, 3.63) is 83.9 Å². The summed E-state index contributed by atoms with van der Waals surface area (Å²) in [6, 6.07) is 10.4. The van der Waals surface area contributed by atoms with Crippen molar-refractivity contribution in [2.75, 3.05) is 9.44 Å². The van der Waals surface area contributed by atoms with E-state index in [-0.39, 0.29) is 11.4 Å². The Bertz CT molecular complexity index is 1280. The Hall–Kier alpha value is -3.26. The highest BCUT2D eigenvalue weighted by atomic mass is 32.2. The van der Waals surface area contributed by atoms with E-state index in [1.807, 2.05) is 0 Å². The number of hydrogen-bond donors (Lipinski definition) is 2. The van der Waals surface area contributed by atoms with Crippen LogP contribution in [0.4, 0.5) is 37.7 Å². The molecule has 0 bridgehead atoms. The molecule has 0 unspecified atom stereocenters. The average Bonchev–Trinajstić information content (AvgIpc) is 2.74. The highest BCUT2D eigenvalue weighted by molar-refractivity contribution is 7.93. The van der Waals surface area contributed by atoms with E-state index < -0.39 is 53.3 Å². The Morgan fingerprint density at radius 3 is 1.06 bits per heavy atom. The molecule has 14 heteroatoms. The predicted octanol–water partition coefficient (Wildman–Crippen LogP) is 5.33. The van der Waals surface area contributed by atoms with Crippen LogP contribution in [0.25, 0.3) is 0 Å². The van der Waals surface area contributed by atoms with Gasteiger partial charge in [0, 0.05) is 0 Å². The molecule has 0 aromatic heterocycles. The first kappa shape index (κ1) is 25.4. The second-order valence-corrected chi connectivity index (χ2v) is 10.2. The third-order valence-corrected chi connectivity index (χ3v) is 7.16. The smallest absolute Gasteiger partial charge is 0.277 e. The Balaban J connectivity index is 1.87. The van der Waals surface area contributed by atoms with E-state index in [0.29, 0.717) is 24.3 Å². The topological polar surface area (TPSA) is 92.3 Å². The summed E-state index contributed by atoms with van der Waals surface area (Å²) in [6.07, 6.45) is -9.34. The lowest BCUT2D eigenvalue weighted by atomic mass is 10.2. The van der Waals surface area contributed by atoms with E-state index in [9.17, 15) is 43.2 Å². The van der Waals surface area contributed by atoms with E-state index in [0.717, 1.165) is 24.3 Å². The van der Waals surface area contributed by atoms with Crippen molar-refractivity contribution in [3.63, 3.8) is 0 Å². The summed E-state index contributed by atoms with van der Waals surface area (Å²) in [5.74, 6) is 0. The summed E-state index contributed by atoms with van der Waals surface area (Å²) >= 11 is 0. The van der Waals surface area contributed by atoms with Gasteiger partial charge in [0.2, 0.25) is 0 Å². The average molecular weight is 524 g/mol. The number of benzene rings is 3. The Labute approximate surface area is 190 Å². The van der Waals surface area contributed by atoms with Crippen LogP contribution < -0.4 is 9.44 Å². The van der Waals surface area contributed by atoms with Crippen molar-refractivity contribution < 1.29 is 43.2 Å². The number of halogens is 6. The zero-order chi connectivity index (χ0) is 25.4. The minimum atomic E-state index is -4.67. The first-order chi connectivity index (χ1) is 15.6. The molecule has 0 spiro atoms. The molecule has 0 aliphatic carbocycles. The van der Waals surface area contributed by atoms with Gasteiger partial charge in [-0.1, -0.05) is 12.1 Å². The molecule has 0 aliphatic heterocycles. The normalized spacial score (nSPS) is 12.9. The maximum atomic E-state index is 12.7. The van der Waals surface area contributed by atoms with Gasteiger partial charge in [-0.3, -0.25) is 9.44 Å². The first-order valence-electron chi connectivity index (χ1n) is 9.09. The highest BCUT2D eigenvalue weighted by Gasteiger charge is 2.32. The van der Waals surface area contributed by atoms with Crippen molar-refractivity contribution in [2.24, 2.45) is 0 Å². The SMILES string of the molecule is O=S(=O)(Nc1ccccc1NS(=O)(=O)c1ccc(C(F)(F)F)cc1)c1ccc(C(F)(F)F)cc1. The van der Waals surface area contributed by atoms with Crippen LogP contribution in [-0.2, 0) is 32.4 Å². The third-order valence-electron chi connectivity index (χ3n) is 4.40. The van der Waals surface area contributed by atoms with Crippen molar-refractivity contribution in [1.82, 2.24) is 0 Å². The van der Waals surface area contributed by atoms with Gasteiger partial charge in [-0.2, -0.15) is 26.3 Å². The van der Waals surface area contributed by atoms with E-state index in [1.54, 1.807) is 0 Å². The monoisotopic (exact) mass is 524 g/mol. The van der Waals surface area contributed by atoms with Crippen LogP contribution >= 0.6 is 0 Å². The molecule has 0 aliphatic rings. The van der Waals surface area contributed by atoms with Crippen LogP contribution in [0.2, 0.25) is 0 Å². The van der Waals surface area contributed by atoms with E-state index in [1.165, 1.54) is 24.3 Å². The lowest BCUT2D eigenvalue weighted by molar-refractivity contribution is -0.138. The van der Waals surface area contributed by atoms with Crippen molar-refractivity contribution in [3.8, 4) is 0 Å². The number of alkyl halides is 6. The van der Waals surface area contributed by atoms with Crippen LogP contribution in [0.5, 0.6) is 0 Å². The number of nitrogens with one attached hydrogen (secondary N) is 2. The number of para-hydroxylation sites is 2. The van der Waals surface area contributed by atoms with Crippen LogP contribution in [0.3, 0.4) is 0 Å². The fourth-order valence-corrected chi connectivity index (χ4v) is 4.87. The van der Waals surface area contributed by atoms with Gasteiger partial charge in [0.25, 0.3) is 20.0 Å². The molecule has 0 fully saturated rings. The maximum absolute atomic E-state index is 12.7. The maximum Gasteiger partial charge on any atom is 0.416 e. The summed E-state index contributed by atoms with van der Waals surface area (Å²) in [5, 5.41) is 0. The number of anilines is 2. The zero-order valence-electron chi connectivity index (χ0n) is 16.6. The van der Waals surface area contributed by atoms with E-state index in [4.69, 9.17) is 0 Å². The molecule has 182 valence electrons. The van der Waals surface area contributed by atoms with Crippen LogP contribution in [0.1, 0.15) is 11.1 Å². The molecule has 2 N–H and O–H groups in total. The quantitative estimate of drug-likeness (QED) is 0.427. The molecule has 0 heterocycles. The molecule has 0 radical (unpaired) electrons. The van der Waals surface area contributed by atoms with Crippen molar-refractivity contribution in [1.29, 1.82) is 0 Å². The predicted molar refractivity (Wildman–Crippen MR) is 111 cm³/mol. The van der Waals surface area contributed by atoms with Gasteiger partial charge in [-0.25, -0.2) is 16.8 Å². The molecule has 3 aromatic rings. The molecule has 34 heavy (non-hydrogen) atoms. The second kappa shape index (κ2) is 8.83. The lowest BCUT2D eigenvalue weighted by Crippen LogP contribution is -2.18. The van der Waals surface area contributed by atoms with Gasteiger partial charge in [-0.05, 0) is 60.7 Å². The van der Waals surface area contributed by atoms with E-state index in [2.05, 4.69) is 9.44 Å². The molecular weight excluding hydrogens is 510 g/mol. The van der Waals surface area contributed by atoms with Crippen molar-refractivity contribution in [2.45, 2.75) is 22.1 Å². The highest BCUT2D eigenvalue weighted by Crippen LogP contribution is 2.32. The van der Waals surface area contributed by atoms with Crippen molar-refractivity contribution >= 4 is 31.4 Å². The van der Waals surface area contributed by atoms with Gasteiger partial charge in [-0.15, -0.1) is 0 Å². The number of hydrogen-bond acceptors (Lipinski definition) is 4. The number of sulfonamides is 2. The van der Waals surface area contributed by atoms with Crippen LogP contribution in [0, 0.1) is 0 Å². The van der Waals surface area contributed by atoms with Gasteiger partial charge in [0.05, 0.1) is 32.3 Å². The molecule has 0 saturated carbocycles. The minimum Gasteiger partial charge on any atom is -0.277 e. The Morgan fingerprint density at radius 1 is 0.500 bits per heavy atom. The van der Waals surface area contributed by atoms with E-state index >= 15 is 0 Å². The fourth-order valence-electron chi connectivity index (χ4n) is 2.71. The van der Waals surface area contributed by atoms with Crippen LogP contribution in [0.15, 0.2) is 82.6 Å². The fraction of sp³-hybridized carbons (Fsp3) is 0.100. The lowest BCUT2D eigenvalue weighted by Gasteiger charge is -2.15. The molecule has 0 saturated heterocycles. The van der Waals surface area contributed by atoms with Gasteiger partial charge in [0.15, 0.2) is 0 Å². The van der Waals surface area contributed by atoms with Crippen LogP contribution in [-0.4, -0.2) is 16.8 Å². The molecule has 6 nitrogen and oxygen atoms in total. The minimum absolute atomic E-state index is 0.266. The molecule has 0 amide bonds. The first-order valence-corrected chi connectivity index (χ1v) is 12.1. The summed E-state index contributed by atoms with van der Waals surface area (Å²) in [6.45, 7) is 0. The van der Waals surface area contributed by atoms with Gasteiger partial charge >= 0.3 is 12.4 Å². The second-order valence-electron chi connectivity index (χ2n) is 6.80. The molecular formula is C20H14F6N2O4S2. The summed E-state index contributed by atoms with van der Waals surface area (Å²) in [4.78, 5) is -1.03. The molecule has 0 atom stereocenters. The standard InChI is InChI=1S/C20H14F6N2O4S2/c21-19(22,23)13-5-9-15(10-6-13)33(29,30)27-17-3-1-2-4-18(17)28-34(31,32)16-11-7-14(8-12-16)20(24,25)26/h1-12,27-28H. The molecule has 3 rings (SSSR count). The van der Waals surface area contributed by atoms with Gasteiger partial charge in [0.1, 0.15) is 0 Å². The number of rotatable bonds is 6. The summed E-state index contributed by atoms with van der Waals surface area (Å²) in [5.41, 5.74) is -2.65. The Morgan fingerprint density at radius 2 is 0.794 bits per heavy atom. The third kappa shape index (κ3) is 5.80.